The van der Waals surface area contributed by atoms with E-state index in [4.69, 9.17) is 30.5 Å². The largest absolute Gasteiger partial charge is 0.491 e. The molecule has 1 saturated heterocycles. The quantitative estimate of drug-likeness (QED) is 0.0633. The number of pyridine rings is 1. The van der Waals surface area contributed by atoms with Crippen molar-refractivity contribution in [2.45, 2.75) is 38.3 Å². The van der Waals surface area contributed by atoms with Gasteiger partial charge in [-0.25, -0.2) is 19.3 Å². The monoisotopic (exact) mass is 878 g/mol. The number of aromatic nitrogens is 4. The second-order valence-electron chi connectivity index (χ2n) is 15.4. The molecule has 0 spiro atoms. The first kappa shape index (κ1) is 42.4. The van der Waals surface area contributed by atoms with Crippen LogP contribution in [0.1, 0.15) is 36.4 Å². The molecule has 4 heterocycles. The molecule has 12 nitrogen and oxygen atoms in total. The summed E-state index contributed by atoms with van der Waals surface area (Å²) in [6.45, 7) is 2.52. The smallest absolute Gasteiger partial charge is 0.249 e. The molecule has 1 aliphatic heterocycles. The third-order valence-electron chi connectivity index (χ3n) is 11.1. The van der Waals surface area contributed by atoms with Crippen molar-refractivity contribution in [1.82, 2.24) is 24.8 Å². The van der Waals surface area contributed by atoms with Gasteiger partial charge in [0.15, 0.2) is 0 Å². The highest BCUT2D eigenvalue weighted by Gasteiger charge is 2.31. The zero-order valence-electron chi connectivity index (χ0n) is 34.8. The highest BCUT2D eigenvalue weighted by molar-refractivity contribution is 6.32. The van der Waals surface area contributed by atoms with Crippen molar-refractivity contribution in [3.8, 4) is 22.6 Å². The summed E-state index contributed by atoms with van der Waals surface area (Å²) in [5, 5.41) is 9.18. The van der Waals surface area contributed by atoms with E-state index in [1.54, 1.807) is 30.5 Å². The lowest BCUT2D eigenvalue weighted by Crippen LogP contribution is -2.41. The third-order valence-corrected chi connectivity index (χ3v) is 11.4. The number of anilines is 2. The van der Waals surface area contributed by atoms with Crippen molar-refractivity contribution in [1.29, 1.82) is 0 Å². The molecule has 0 aliphatic carbocycles. The Bertz CT molecular complexity index is 2960. The number of halogens is 2. The molecule has 3 aromatic heterocycles. The summed E-state index contributed by atoms with van der Waals surface area (Å²) in [6.07, 6.45) is 5.61. The number of carbonyl (C=O) groups is 2. The second kappa shape index (κ2) is 19.6. The van der Waals surface area contributed by atoms with Gasteiger partial charge in [0.05, 0.1) is 35.9 Å². The minimum Gasteiger partial charge on any atom is -0.491 e. The number of imide groups is 1. The third kappa shape index (κ3) is 9.66. The fraction of sp³-hybridized carbons (Fsp3) is 0.220. The highest BCUT2D eigenvalue weighted by Crippen LogP contribution is 2.36. The van der Waals surface area contributed by atoms with Crippen LogP contribution in [0.25, 0.3) is 44.0 Å². The molecular weight excluding hydrogens is 835 g/mol. The number of benzene rings is 5. The van der Waals surface area contributed by atoms with Gasteiger partial charge in [-0.1, -0.05) is 54.1 Å². The van der Waals surface area contributed by atoms with Gasteiger partial charge in [-0.3, -0.25) is 14.9 Å². The number of carbonyl (C=O) groups excluding carboxylic acids is 2. The number of amides is 2. The van der Waals surface area contributed by atoms with Crippen LogP contribution in [0.3, 0.4) is 0 Å². The van der Waals surface area contributed by atoms with Crippen molar-refractivity contribution in [2.24, 2.45) is 0 Å². The minimum absolute atomic E-state index is 0.191. The van der Waals surface area contributed by atoms with Gasteiger partial charge < -0.3 is 28.8 Å². The van der Waals surface area contributed by atoms with Gasteiger partial charge in [0.2, 0.25) is 11.8 Å². The Labute approximate surface area is 373 Å². The van der Waals surface area contributed by atoms with E-state index in [0.29, 0.717) is 68.0 Å². The van der Waals surface area contributed by atoms with Gasteiger partial charge in [0.25, 0.3) is 0 Å². The predicted octanol–water partition coefficient (Wildman–Crippen LogP) is 9.94. The van der Waals surface area contributed by atoms with Gasteiger partial charge in [0, 0.05) is 41.1 Å². The normalized spacial score (nSPS) is 14.0. The number of hydrogen-bond acceptors (Lipinski definition) is 10. The van der Waals surface area contributed by atoms with Crippen molar-refractivity contribution in [3.05, 3.63) is 150 Å². The van der Waals surface area contributed by atoms with Crippen LogP contribution in [0.2, 0.25) is 5.02 Å². The number of nitrogens with one attached hydrogen (secondary N) is 2. The SMILES string of the molecule is O=C1CCC(n2c3cccc(CCCOCCOCCOc4ccc(-c5ccc6ncnc(Nc7ccc(OCc8cccc(F)c8)c(Cl)c7)c6c5)cc4)c3c3cccnc32)C(=O)N1. The predicted molar refractivity (Wildman–Crippen MR) is 245 cm³/mol. The lowest BCUT2D eigenvalue weighted by Gasteiger charge is -2.23. The summed E-state index contributed by atoms with van der Waals surface area (Å²) in [7, 11) is 0. The van der Waals surface area contributed by atoms with E-state index in [2.05, 4.69) is 31.7 Å². The molecule has 2 amide bonds. The van der Waals surface area contributed by atoms with Crippen molar-refractivity contribution in [2.75, 3.05) is 38.4 Å². The molecule has 14 heteroatoms. The average Bonchev–Trinajstić information content (AvgIpc) is 3.64. The molecule has 5 aromatic carbocycles. The number of piperidine rings is 1. The van der Waals surface area contributed by atoms with Crippen LogP contribution < -0.4 is 20.1 Å². The van der Waals surface area contributed by atoms with Gasteiger partial charge >= 0.3 is 0 Å². The molecular formula is C50H44ClFN6O6. The zero-order chi connectivity index (χ0) is 43.8. The Balaban J connectivity index is 0.718. The first-order chi connectivity index (χ1) is 31.4. The molecule has 324 valence electrons. The van der Waals surface area contributed by atoms with Crippen LogP contribution in [0.15, 0.2) is 128 Å². The lowest BCUT2D eigenvalue weighted by atomic mass is 10.0. The maximum atomic E-state index is 13.6. The van der Waals surface area contributed by atoms with Gasteiger partial charge in [0.1, 0.15) is 54.4 Å². The van der Waals surface area contributed by atoms with E-state index < -0.39 is 6.04 Å². The molecule has 2 N–H and O–H groups in total. The number of hydrogen-bond donors (Lipinski definition) is 2. The molecule has 64 heavy (non-hydrogen) atoms. The first-order valence-electron chi connectivity index (χ1n) is 21.2. The van der Waals surface area contributed by atoms with Crippen LogP contribution in [0.5, 0.6) is 11.5 Å². The average molecular weight is 879 g/mol. The first-order valence-corrected chi connectivity index (χ1v) is 21.5. The van der Waals surface area contributed by atoms with Gasteiger partial charge in [-0.15, -0.1) is 0 Å². The molecule has 0 radical (unpaired) electrons. The molecule has 8 aromatic rings. The van der Waals surface area contributed by atoms with Gasteiger partial charge in [-0.2, -0.15) is 0 Å². The number of rotatable bonds is 18. The molecule has 1 unspecified atom stereocenters. The molecule has 1 fully saturated rings. The molecule has 0 saturated carbocycles. The molecule has 0 bridgehead atoms. The van der Waals surface area contributed by atoms with E-state index in [1.807, 2.05) is 77.4 Å². The summed E-state index contributed by atoms with van der Waals surface area (Å²) >= 11 is 6.56. The van der Waals surface area contributed by atoms with E-state index in [1.165, 1.54) is 18.5 Å². The van der Waals surface area contributed by atoms with Crippen LogP contribution in [0, 0.1) is 5.82 Å². The summed E-state index contributed by atoms with van der Waals surface area (Å²) < 4.78 is 39.0. The summed E-state index contributed by atoms with van der Waals surface area (Å²) in [5.74, 6) is 1.01. The van der Waals surface area contributed by atoms with Crippen molar-refractivity contribution >= 4 is 67.8 Å². The van der Waals surface area contributed by atoms with Crippen LogP contribution in [-0.2, 0) is 32.1 Å². The Morgan fingerprint density at radius 3 is 2.45 bits per heavy atom. The number of fused-ring (bicyclic) bond motifs is 4. The number of nitrogens with zero attached hydrogens (tertiary/aromatic N) is 4. The Hall–Kier alpha value is -6.93. The Morgan fingerprint density at radius 1 is 0.781 bits per heavy atom. The number of ether oxygens (including phenoxy) is 4. The standard InChI is InChI=1S/C50H44ClFN6O6/c51-41-29-37(14-19-45(41)64-30-32-5-1-8-36(52)27-32)56-48-40-28-35(13-17-42(40)54-31-55-48)33-11-15-38(16-12-33)63-26-25-62-24-23-61-22-4-7-34-6-2-10-43-47(34)39-9-3-21-53-49(39)58(43)44-18-20-46(59)57-50(44)60/h1-3,5-6,8-17,19,21,27-29,31,44H,4,7,18,20,22-26,30H2,(H,54,55,56)(H,57,59,60). The summed E-state index contributed by atoms with van der Waals surface area (Å²) in [6, 6.07) is 35.2. The fourth-order valence-electron chi connectivity index (χ4n) is 8.05. The van der Waals surface area contributed by atoms with Crippen molar-refractivity contribution in [3.63, 3.8) is 0 Å². The van der Waals surface area contributed by atoms with E-state index >= 15 is 0 Å². The van der Waals surface area contributed by atoms with E-state index in [0.717, 1.165) is 73.8 Å². The number of aryl methyl sites for hydroxylation is 1. The lowest BCUT2D eigenvalue weighted by molar-refractivity contribution is -0.135. The van der Waals surface area contributed by atoms with Crippen LogP contribution in [-0.4, -0.2) is 64.4 Å². The van der Waals surface area contributed by atoms with Gasteiger partial charge in [-0.05, 0) is 114 Å². The minimum atomic E-state index is -0.489. The molecule has 9 rings (SSSR count). The Kier molecular flexibility index (Phi) is 13.0. The van der Waals surface area contributed by atoms with E-state index in [-0.39, 0.29) is 24.2 Å². The zero-order valence-corrected chi connectivity index (χ0v) is 35.5. The topological polar surface area (TPSA) is 139 Å². The molecule has 1 atom stereocenters. The highest BCUT2D eigenvalue weighted by atomic mass is 35.5. The van der Waals surface area contributed by atoms with Crippen molar-refractivity contribution < 1.29 is 32.9 Å². The molecule has 1 aliphatic rings. The Morgan fingerprint density at radius 2 is 1.61 bits per heavy atom. The van der Waals surface area contributed by atoms with Crippen LogP contribution >= 0.6 is 11.6 Å². The summed E-state index contributed by atoms with van der Waals surface area (Å²) in [5.41, 5.74) is 7.07. The maximum Gasteiger partial charge on any atom is 0.249 e. The maximum absolute atomic E-state index is 13.6. The second-order valence-corrected chi connectivity index (χ2v) is 15.8. The van der Waals surface area contributed by atoms with E-state index in [9.17, 15) is 14.0 Å². The van der Waals surface area contributed by atoms with Crippen LogP contribution in [0.4, 0.5) is 15.9 Å². The summed E-state index contributed by atoms with van der Waals surface area (Å²) in [4.78, 5) is 38.3. The fourth-order valence-corrected chi connectivity index (χ4v) is 8.29.